The van der Waals surface area contributed by atoms with Crippen LogP contribution in [0.2, 0.25) is 0 Å². The van der Waals surface area contributed by atoms with Crippen molar-refractivity contribution in [2.75, 3.05) is 0 Å². The molecule has 0 saturated carbocycles. The van der Waals surface area contributed by atoms with Crippen LogP contribution < -0.4 is 5.32 Å². The van der Waals surface area contributed by atoms with Gasteiger partial charge in [0.2, 0.25) is 5.91 Å². The number of amides is 1. The van der Waals surface area contributed by atoms with Crippen molar-refractivity contribution in [3.05, 3.63) is 65.0 Å². The molecule has 0 aliphatic rings. The molecule has 1 heterocycles. The Labute approximate surface area is 132 Å². The van der Waals surface area contributed by atoms with Crippen LogP contribution in [0.25, 0.3) is 0 Å². The molecular weight excluding hydrogens is 272 g/mol. The zero-order valence-corrected chi connectivity index (χ0v) is 14.0. The third-order valence-corrected chi connectivity index (χ3v) is 3.72. The van der Waals surface area contributed by atoms with E-state index in [2.05, 4.69) is 42.3 Å². The van der Waals surface area contributed by atoms with Crippen LogP contribution in [-0.4, -0.2) is 10.9 Å². The van der Waals surface area contributed by atoms with Crippen molar-refractivity contribution in [3.63, 3.8) is 0 Å². The van der Waals surface area contributed by atoms with E-state index in [1.54, 1.807) is 6.20 Å². The average molecular weight is 296 g/mol. The van der Waals surface area contributed by atoms with Gasteiger partial charge in [0.15, 0.2) is 0 Å². The third kappa shape index (κ3) is 3.73. The lowest BCUT2D eigenvalue weighted by Crippen LogP contribution is -2.38. The predicted molar refractivity (Wildman–Crippen MR) is 89.6 cm³/mol. The van der Waals surface area contributed by atoms with Crippen LogP contribution in [0.4, 0.5) is 0 Å². The maximum atomic E-state index is 12.5. The maximum Gasteiger partial charge on any atom is 0.226 e. The van der Waals surface area contributed by atoms with Gasteiger partial charge in [0.05, 0.1) is 6.04 Å². The Bertz CT molecular complexity index is 657. The smallest absolute Gasteiger partial charge is 0.226 e. The molecule has 1 aromatic heterocycles. The first kappa shape index (κ1) is 16.2. The topological polar surface area (TPSA) is 42.0 Å². The lowest BCUT2D eigenvalue weighted by atomic mass is 9.91. The van der Waals surface area contributed by atoms with E-state index in [1.807, 2.05) is 39.1 Å². The number of nitrogens with zero attached hydrogens (tertiary/aromatic N) is 1. The molecule has 0 fully saturated rings. The number of nitrogens with one attached hydrogen (secondary N) is 1. The Morgan fingerprint density at radius 3 is 2.50 bits per heavy atom. The number of hydrogen-bond acceptors (Lipinski definition) is 2. The van der Waals surface area contributed by atoms with Crippen molar-refractivity contribution in [1.82, 2.24) is 10.3 Å². The van der Waals surface area contributed by atoms with Crippen LogP contribution in [0, 0.1) is 19.3 Å². The molecule has 3 heteroatoms. The fraction of sp³-hybridized carbons (Fsp3) is 0.368. The summed E-state index contributed by atoms with van der Waals surface area (Å²) in [6.07, 6.45) is 3.56. The zero-order chi connectivity index (χ0) is 16.3. The quantitative estimate of drug-likeness (QED) is 0.932. The van der Waals surface area contributed by atoms with E-state index in [9.17, 15) is 4.79 Å². The monoisotopic (exact) mass is 296 g/mol. The van der Waals surface area contributed by atoms with Gasteiger partial charge in [-0.3, -0.25) is 9.78 Å². The van der Waals surface area contributed by atoms with Gasteiger partial charge in [0, 0.05) is 17.8 Å². The minimum atomic E-state index is -0.432. The average Bonchev–Trinajstić information content (AvgIpc) is 2.47. The van der Waals surface area contributed by atoms with Crippen molar-refractivity contribution in [2.45, 2.75) is 40.7 Å². The minimum Gasteiger partial charge on any atom is -0.345 e. The normalized spacial score (nSPS) is 12.8. The van der Waals surface area contributed by atoms with Crippen LogP contribution in [0.15, 0.2) is 42.7 Å². The molecule has 1 N–H and O–H groups in total. The molecule has 0 spiro atoms. The highest BCUT2D eigenvalue weighted by atomic mass is 16.2. The van der Waals surface area contributed by atoms with E-state index < -0.39 is 5.41 Å². The van der Waals surface area contributed by atoms with E-state index in [-0.39, 0.29) is 11.9 Å². The number of aryl methyl sites for hydroxylation is 2. The molecular formula is C19H24N2O. The molecule has 0 aliphatic carbocycles. The second-order valence-electron chi connectivity index (χ2n) is 6.80. The van der Waals surface area contributed by atoms with Gasteiger partial charge in [0.1, 0.15) is 0 Å². The maximum absolute atomic E-state index is 12.5. The minimum absolute atomic E-state index is 0.0299. The van der Waals surface area contributed by atoms with Crippen LogP contribution in [-0.2, 0) is 4.79 Å². The first-order valence-electron chi connectivity index (χ1n) is 7.57. The molecule has 0 radical (unpaired) electrons. The fourth-order valence-corrected chi connectivity index (χ4v) is 2.31. The van der Waals surface area contributed by atoms with Gasteiger partial charge >= 0.3 is 0 Å². The Hall–Kier alpha value is -2.16. The number of pyridine rings is 1. The molecule has 1 amide bonds. The molecule has 1 atom stereocenters. The fourth-order valence-electron chi connectivity index (χ4n) is 2.31. The molecule has 116 valence electrons. The Kier molecular flexibility index (Phi) is 4.65. The van der Waals surface area contributed by atoms with Crippen molar-refractivity contribution in [1.29, 1.82) is 0 Å². The lowest BCUT2D eigenvalue weighted by molar-refractivity contribution is -0.129. The Morgan fingerprint density at radius 1 is 1.18 bits per heavy atom. The van der Waals surface area contributed by atoms with Crippen LogP contribution in [0.5, 0.6) is 0 Å². The number of aromatic nitrogens is 1. The van der Waals surface area contributed by atoms with E-state index in [0.29, 0.717) is 0 Å². The van der Waals surface area contributed by atoms with Crippen molar-refractivity contribution in [3.8, 4) is 0 Å². The summed E-state index contributed by atoms with van der Waals surface area (Å²) in [6.45, 7) is 9.90. The number of carbonyl (C=O) groups is 1. The third-order valence-electron chi connectivity index (χ3n) is 3.72. The van der Waals surface area contributed by atoms with Crippen LogP contribution in [0.1, 0.15) is 49.1 Å². The van der Waals surface area contributed by atoms with Crippen LogP contribution in [0.3, 0.4) is 0 Å². The summed E-state index contributed by atoms with van der Waals surface area (Å²) in [5, 5.41) is 3.18. The second-order valence-corrected chi connectivity index (χ2v) is 6.80. The van der Waals surface area contributed by atoms with E-state index in [1.165, 1.54) is 5.56 Å². The summed E-state index contributed by atoms with van der Waals surface area (Å²) in [5.41, 5.74) is 4.02. The van der Waals surface area contributed by atoms with E-state index >= 15 is 0 Å². The molecule has 0 bridgehead atoms. The predicted octanol–water partition coefficient (Wildman–Crippen LogP) is 3.95. The molecule has 2 rings (SSSR count). The van der Waals surface area contributed by atoms with Crippen molar-refractivity contribution >= 4 is 5.91 Å². The molecule has 3 nitrogen and oxygen atoms in total. The molecule has 2 aromatic rings. The summed E-state index contributed by atoms with van der Waals surface area (Å²) in [7, 11) is 0. The van der Waals surface area contributed by atoms with E-state index in [0.717, 1.165) is 16.7 Å². The summed E-state index contributed by atoms with van der Waals surface area (Å²) in [5.74, 6) is 0.0299. The Morgan fingerprint density at radius 2 is 1.91 bits per heavy atom. The van der Waals surface area contributed by atoms with Gasteiger partial charge < -0.3 is 5.32 Å². The van der Waals surface area contributed by atoms with Crippen molar-refractivity contribution in [2.24, 2.45) is 5.41 Å². The first-order chi connectivity index (χ1) is 10.3. The van der Waals surface area contributed by atoms with Crippen molar-refractivity contribution < 1.29 is 4.79 Å². The summed E-state index contributed by atoms with van der Waals surface area (Å²) >= 11 is 0. The summed E-state index contributed by atoms with van der Waals surface area (Å²) in [6, 6.07) is 10.0. The summed E-state index contributed by atoms with van der Waals surface area (Å²) < 4.78 is 0. The Balaban J connectivity index is 2.47. The second kappa shape index (κ2) is 6.30. The highest BCUT2D eigenvalue weighted by Gasteiger charge is 2.26. The van der Waals surface area contributed by atoms with Crippen LogP contribution >= 0.6 is 0 Å². The standard InChI is InChI=1S/C19H24N2O/c1-13-8-9-14(2)16(11-13)17(15-7-6-10-20-12-15)21-18(22)19(3,4)5/h6-12,17H,1-5H3,(H,21,22)/t17-/m0/s1. The first-order valence-corrected chi connectivity index (χ1v) is 7.57. The van der Waals surface area contributed by atoms with Gasteiger partial charge in [-0.15, -0.1) is 0 Å². The number of hydrogen-bond donors (Lipinski definition) is 1. The largest absolute Gasteiger partial charge is 0.345 e. The highest BCUT2D eigenvalue weighted by molar-refractivity contribution is 5.82. The molecule has 0 saturated heterocycles. The van der Waals surface area contributed by atoms with E-state index in [4.69, 9.17) is 0 Å². The number of rotatable bonds is 3. The molecule has 1 aromatic carbocycles. The molecule has 22 heavy (non-hydrogen) atoms. The zero-order valence-electron chi connectivity index (χ0n) is 14.0. The molecule has 0 aliphatic heterocycles. The number of carbonyl (C=O) groups excluding carboxylic acids is 1. The SMILES string of the molecule is Cc1ccc(C)c([C@@H](NC(=O)C(C)(C)C)c2cccnc2)c1. The van der Waals surface area contributed by atoms with Gasteiger partial charge in [0.25, 0.3) is 0 Å². The van der Waals surface area contributed by atoms with Gasteiger partial charge in [-0.1, -0.05) is 50.6 Å². The summed E-state index contributed by atoms with van der Waals surface area (Å²) in [4.78, 5) is 16.7. The lowest BCUT2D eigenvalue weighted by Gasteiger charge is -2.26. The highest BCUT2D eigenvalue weighted by Crippen LogP contribution is 2.27. The van der Waals surface area contributed by atoms with Gasteiger partial charge in [-0.25, -0.2) is 0 Å². The number of benzene rings is 1. The molecule has 0 unspecified atom stereocenters. The van der Waals surface area contributed by atoms with Gasteiger partial charge in [-0.05, 0) is 36.6 Å². The van der Waals surface area contributed by atoms with Gasteiger partial charge in [-0.2, -0.15) is 0 Å².